The first-order valence-electron chi connectivity index (χ1n) is 8.55. The second kappa shape index (κ2) is 6.88. The van der Waals surface area contributed by atoms with Crippen LogP contribution in [0, 0.1) is 10.1 Å². The van der Waals surface area contributed by atoms with E-state index in [0.29, 0.717) is 5.56 Å². The molecule has 1 aliphatic carbocycles. The molecule has 5 nitrogen and oxygen atoms in total. The summed E-state index contributed by atoms with van der Waals surface area (Å²) in [6, 6.07) is 20.4. The van der Waals surface area contributed by atoms with Crippen LogP contribution in [-0.2, 0) is 11.2 Å². The van der Waals surface area contributed by atoms with Crippen LogP contribution in [0.4, 0.5) is 11.4 Å². The van der Waals surface area contributed by atoms with Crippen molar-refractivity contribution in [1.82, 2.24) is 0 Å². The lowest BCUT2D eigenvalue weighted by molar-refractivity contribution is -0.384. The average molecular weight is 356 g/mol. The number of nitrogens with one attached hydrogen (secondary N) is 1. The van der Waals surface area contributed by atoms with Gasteiger partial charge in [0, 0.05) is 23.9 Å². The van der Waals surface area contributed by atoms with Gasteiger partial charge in [-0.2, -0.15) is 0 Å². The van der Waals surface area contributed by atoms with Crippen molar-refractivity contribution < 1.29 is 9.72 Å². The molecule has 132 valence electrons. The quantitative estimate of drug-likeness (QED) is 0.324. The van der Waals surface area contributed by atoms with Crippen molar-refractivity contribution in [3.05, 3.63) is 99.6 Å². The zero-order valence-electron chi connectivity index (χ0n) is 14.4. The molecule has 0 radical (unpaired) electrons. The van der Waals surface area contributed by atoms with Gasteiger partial charge in [0.05, 0.1) is 4.92 Å². The Bertz CT molecular complexity index is 1090. The highest BCUT2D eigenvalue weighted by Gasteiger charge is 2.17. The summed E-state index contributed by atoms with van der Waals surface area (Å²) in [5.74, 6) is -0.281. The maximum Gasteiger partial charge on any atom is 0.270 e. The maximum atomic E-state index is 12.2. The molecule has 1 amide bonds. The molecule has 0 fully saturated rings. The summed E-state index contributed by atoms with van der Waals surface area (Å²) >= 11 is 0. The molecular formula is C22H16N2O3. The molecule has 0 aromatic heterocycles. The van der Waals surface area contributed by atoms with E-state index >= 15 is 0 Å². The zero-order chi connectivity index (χ0) is 18.8. The minimum absolute atomic E-state index is 0.00394. The molecule has 0 bridgehead atoms. The first-order chi connectivity index (χ1) is 13.1. The lowest BCUT2D eigenvalue weighted by Crippen LogP contribution is -2.07. The Morgan fingerprint density at radius 3 is 2.63 bits per heavy atom. The molecule has 0 saturated carbocycles. The summed E-state index contributed by atoms with van der Waals surface area (Å²) in [7, 11) is 0. The van der Waals surface area contributed by atoms with Crippen molar-refractivity contribution in [2.45, 2.75) is 6.42 Å². The van der Waals surface area contributed by atoms with Crippen LogP contribution in [0.2, 0.25) is 0 Å². The van der Waals surface area contributed by atoms with Gasteiger partial charge in [-0.15, -0.1) is 0 Å². The van der Waals surface area contributed by atoms with E-state index in [2.05, 4.69) is 17.4 Å². The number of nitro groups is 1. The third kappa shape index (κ3) is 3.48. The number of anilines is 1. The number of benzene rings is 3. The van der Waals surface area contributed by atoms with Crippen LogP contribution in [0.25, 0.3) is 17.2 Å². The summed E-state index contributed by atoms with van der Waals surface area (Å²) in [6.45, 7) is 0. The van der Waals surface area contributed by atoms with Gasteiger partial charge in [-0.3, -0.25) is 14.9 Å². The number of rotatable bonds is 4. The van der Waals surface area contributed by atoms with Crippen molar-refractivity contribution in [1.29, 1.82) is 0 Å². The zero-order valence-corrected chi connectivity index (χ0v) is 14.4. The topological polar surface area (TPSA) is 72.2 Å². The van der Waals surface area contributed by atoms with E-state index in [1.807, 2.05) is 30.3 Å². The summed E-state index contributed by atoms with van der Waals surface area (Å²) in [6.07, 6.45) is 3.80. The van der Waals surface area contributed by atoms with Gasteiger partial charge in [0.25, 0.3) is 5.69 Å². The minimum Gasteiger partial charge on any atom is -0.323 e. The number of non-ortho nitro benzene ring substituents is 1. The molecule has 0 spiro atoms. The standard InChI is InChI=1S/C22H16N2O3/c25-22(11-8-15-4-3-6-19(12-15)24(26)27)23-18-9-10-21-17(14-18)13-16-5-1-2-7-20(16)21/h1-12,14H,13H2,(H,23,25)/b11-8+. The van der Waals surface area contributed by atoms with Crippen LogP contribution in [0.1, 0.15) is 16.7 Å². The molecule has 0 heterocycles. The molecule has 3 aromatic rings. The Hall–Kier alpha value is -3.73. The highest BCUT2D eigenvalue weighted by molar-refractivity contribution is 6.02. The van der Waals surface area contributed by atoms with Gasteiger partial charge in [0.1, 0.15) is 0 Å². The van der Waals surface area contributed by atoms with E-state index in [1.165, 1.54) is 40.5 Å². The molecular weight excluding hydrogens is 340 g/mol. The highest BCUT2D eigenvalue weighted by Crippen LogP contribution is 2.37. The molecule has 0 aliphatic heterocycles. The van der Waals surface area contributed by atoms with Crippen molar-refractivity contribution >= 4 is 23.4 Å². The Balaban J connectivity index is 1.47. The monoisotopic (exact) mass is 356 g/mol. The molecule has 5 heteroatoms. The van der Waals surface area contributed by atoms with E-state index in [4.69, 9.17) is 0 Å². The fourth-order valence-electron chi connectivity index (χ4n) is 3.32. The van der Waals surface area contributed by atoms with Crippen LogP contribution in [0.3, 0.4) is 0 Å². The number of carbonyl (C=O) groups is 1. The second-order valence-electron chi connectivity index (χ2n) is 6.38. The van der Waals surface area contributed by atoms with Crippen LogP contribution >= 0.6 is 0 Å². The number of hydrogen-bond acceptors (Lipinski definition) is 3. The molecule has 4 rings (SSSR count). The second-order valence-corrected chi connectivity index (χ2v) is 6.38. The van der Waals surface area contributed by atoms with Gasteiger partial charge < -0.3 is 5.32 Å². The summed E-state index contributed by atoms with van der Waals surface area (Å²) < 4.78 is 0. The Morgan fingerprint density at radius 2 is 1.78 bits per heavy atom. The summed E-state index contributed by atoms with van der Waals surface area (Å²) in [5, 5.41) is 13.7. The largest absolute Gasteiger partial charge is 0.323 e. The number of hydrogen-bond donors (Lipinski definition) is 1. The molecule has 0 unspecified atom stereocenters. The molecule has 27 heavy (non-hydrogen) atoms. The molecule has 0 saturated heterocycles. The Labute approximate surface area is 156 Å². The average Bonchev–Trinajstić information content (AvgIpc) is 3.04. The lowest BCUT2D eigenvalue weighted by atomic mass is 10.1. The number of fused-ring (bicyclic) bond motifs is 3. The predicted molar refractivity (Wildman–Crippen MR) is 105 cm³/mol. The van der Waals surface area contributed by atoms with Gasteiger partial charge in [-0.05, 0) is 52.4 Å². The fraction of sp³-hybridized carbons (Fsp3) is 0.0455. The third-order valence-electron chi connectivity index (χ3n) is 4.57. The number of nitro benzene ring substituents is 1. The van der Waals surface area contributed by atoms with Gasteiger partial charge in [-0.25, -0.2) is 0 Å². The summed E-state index contributed by atoms with van der Waals surface area (Å²) in [4.78, 5) is 22.5. The molecule has 1 N–H and O–H groups in total. The Morgan fingerprint density at radius 1 is 0.963 bits per heavy atom. The maximum absolute atomic E-state index is 12.2. The van der Waals surface area contributed by atoms with Crippen molar-refractivity contribution in [3.8, 4) is 11.1 Å². The Kier molecular flexibility index (Phi) is 4.26. The van der Waals surface area contributed by atoms with E-state index in [1.54, 1.807) is 18.2 Å². The van der Waals surface area contributed by atoms with Crippen molar-refractivity contribution in [2.24, 2.45) is 0 Å². The van der Waals surface area contributed by atoms with Gasteiger partial charge in [0.2, 0.25) is 5.91 Å². The molecule has 1 aliphatic rings. The van der Waals surface area contributed by atoms with E-state index < -0.39 is 4.92 Å². The van der Waals surface area contributed by atoms with Crippen molar-refractivity contribution in [2.75, 3.05) is 5.32 Å². The highest BCUT2D eigenvalue weighted by atomic mass is 16.6. The summed E-state index contributed by atoms with van der Waals surface area (Å²) in [5.41, 5.74) is 6.26. The number of carbonyl (C=O) groups excluding carboxylic acids is 1. The SMILES string of the molecule is O=C(/C=C/c1cccc([N+](=O)[O-])c1)Nc1ccc2c(c1)Cc1ccccc1-2. The van der Waals surface area contributed by atoms with Crippen LogP contribution < -0.4 is 5.32 Å². The number of nitrogens with zero attached hydrogens (tertiary/aromatic N) is 1. The predicted octanol–water partition coefficient (Wildman–Crippen LogP) is 4.82. The van der Waals surface area contributed by atoms with Gasteiger partial charge >= 0.3 is 0 Å². The lowest BCUT2D eigenvalue weighted by Gasteiger charge is -2.06. The third-order valence-corrected chi connectivity index (χ3v) is 4.57. The van der Waals surface area contributed by atoms with E-state index in [0.717, 1.165) is 12.1 Å². The van der Waals surface area contributed by atoms with Crippen LogP contribution in [-0.4, -0.2) is 10.8 Å². The first-order valence-corrected chi connectivity index (χ1v) is 8.55. The minimum atomic E-state index is -0.458. The van der Waals surface area contributed by atoms with Gasteiger partial charge in [-0.1, -0.05) is 42.5 Å². The van der Waals surface area contributed by atoms with E-state index in [9.17, 15) is 14.9 Å². The first kappa shape index (κ1) is 16.7. The van der Waals surface area contributed by atoms with Crippen LogP contribution in [0.5, 0.6) is 0 Å². The molecule has 3 aromatic carbocycles. The van der Waals surface area contributed by atoms with Crippen LogP contribution in [0.15, 0.2) is 72.8 Å². The molecule has 0 atom stereocenters. The van der Waals surface area contributed by atoms with E-state index in [-0.39, 0.29) is 11.6 Å². The normalized spacial score (nSPS) is 11.9. The smallest absolute Gasteiger partial charge is 0.270 e. The number of amides is 1. The van der Waals surface area contributed by atoms with Gasteiger partial charge in [0.15, 0.2) is 0 Å². The fourth-order valence-corrected chi connectivity index (χ4v) is 3.32. The van der Waals surface area contributed by atoms with Crippen molar-refractivity contribution in [3.63, 3.8) is 0 Å².